The molecule has 2 heteroatoms. The van der Waals surface area contributed by atoms with Crippen LogP contribution in [0.15, 0.2) is 0 Å². The van der Waals surface area contributed by atoms with Crippen LogP contribution in [0.4, 0.5) is 0 Å². The first-order valence-electron chi connectivity index (χ1n) is 6.54. The zero-order valence-electron chi connectivity index (χ0n) is 10.6. The highest BCUT2D eigenvalue weighted by atomic mass is 16.5. The maximum Gasteiger partial charge on any atom is 0.0832 e. The fourth-order valence-corrected chi connectivity index (χ4v) is 2.73. The Hall–Kier alpha value is -0.0800. The summed E-state index contributed by atoms with van der Waals surface area (Å²) < 4.78 is 6.01. The minimum Gasteiger partial charge on any atom is -0.374 e. The molecule has 90 valence electrons. The highest BCUT2D eigenvalue weighted by molar-refractivity contribution is 4.94. The first-order valence-corrected chi connectivity index (χ1v) is 6.54. The van der Waals surface area contributed by atoms with Crippen LogP contribution in [0, 0.1) is 5.92 Å². The van der Waals surface area contributed by atoms with Gasteiger partial charge in [-0.15, -0.1) is 0 Å². The van der Waals surface area contributed by atoms with Crippen LogP contribution < -0.4 is 5.73 Å². The van der Waals surface area contributed by atoms with Crippen molar-refractivity contribution in [1.29, 1.82) is 0 Å². The number of hydrogen-bond acceptors (Lipinski definition) is 2. The van der Waals surface area contributed by atoms with E-state index >= 15 is 0 Å². The van der Waals surface area contributed by atoms with Crippen molar-refractivity contribution in [2.45, 2.75) is 70.9 Å². The molecule has 0 aromatic rings. The third kappa shape index (κ3) is 3.18. The molecule has 0 radical (unpaired) electrons. The van der Waals surface area contributed by atoms with Gasteiger partial charge in [0.1, 0.15) is 0 Å². The van der Waals surface area contributed by atoms with E-state index in [1.54, 1.807) is 0 Å². The van der Waals surface area contributed by atoms with Crippen LogP contribution in [-0.2, 0) is 4.74 Å². The molecule has 1 rings (SSSR count). The second-order valence-corrected chi connectivity index (χ2v) is 5.08. The van der Waals surface area contributed by atoms with Crippen molar-refractivity contribution in [3.05, 3.63) is 0 Å². The lowest BCUT2D eigenvalue weighted by Gasteiger charge is -2.43. The van der Waals surface area contributed by atoms with E-state index in [4.69, 9.17) is 10.5 Å². The lowest BCUT2D eigenvalue weighted by molar-refractivity contribution is -0.0899. The predicted molar refractivity (Wildman–Crippen MR) is 64.9 cm³/mol. The summed E-state index contributed by atoms with van der Waals surface area (Å²) in [6.45, 7) is 7.41. The van der Waals surface area contributed by atoms with E-state index in [2.05, 4.69) is 20.8 Å². The van der Waals surface area contributed by atoms with Crippen molar-refractivity contribution < 1.29 is 4.74 Å². The van der Waals surface area contributed by atoms with Gasteiger partial charge < -0.3 is 10.5 Å². The van der Waals surface area contributed by atoms with Crippen molar-refractivity contribution in [2.75, 3.05) is 6.61 Å². The Kier molecular flexibility index (Phi) is 5.07. The Morgan fingerprint density at radius 2 is 1.93 bits per heavy atom. The molecular weight excluding hydrogens is 186 g/mol. The van der Waals surface area contributed by atoms with Crippen molar-refractivity contribution in [2.24, 2.45) is 11.7 Å². The topological polar surface area (TPSA) is 35.2 Å². The Balaban J connectivity index is 2.61. The Morgan fingerprint density at radius 3 is 2.40 bits per heavy atom. The van der Waals surface area contributed by atoms with Gasteiger partial charge in [0.25, 0.3) is 0 Å². The van der Waals surface area contributed by atoms with Gasteiger partial charge in [0, 0.05) is 12.6 Å². The maximum absolute atomic E-state index is 6.30. The van der Waals surface area contributed by atoms with E-state index in [1.807, 2.05) is 0 Å². The van der Waals surface area contributed by atoms with Gasteiger partial charge in [-0.25, -0.2) is 0 Å². The molecule has 1 aliphatic carbocycles. The van der Waals surface area contributed by atoms with E-state index in [9.17, 15) is 0 Å². The van der Waals surface area contributed by atoms with E-state index < -0.39 is 0 Å². The first kappa shape index (κ1) is 13.0. The summed E-state index contributed by atoms with van der Waals surface area (Å²) in [5.41, 5.74) is 6.30. The first-order chi connectivity index (χ1) is 7.14. The molecule has 0 saturated heterocycles. The number of hydrogen-bond donors (Lipinski definition) is 1. The third-order valence-corrected chi connectivity index (χ3v) is 3.83. The van der Waals surface area contributed by atoms with Crippen molar-refractivity contribution >= 4 is 0 Å². The molecule has 15 heavy (non-hydrogen) atoms. The normalized spacial score (nSPS) is 34.0. The average molecular weight is 213 g/mol. The highest BCUT2D eigenvalue weighted by Gasteiger charge is 2.39. The Labute approximate surface area is 94.6 Å². The molecule has 1 saturated carbocycles. The quantitative estimate of drug-likeness (QED) is 0.761. The SMILES string of the molecule is CCC[C@@H](N)C1(OCC)CCC(C)CC1. The molecule has 0 unspecified atom stereocenters. The molecule has 0 aromatic carbocycles. The van der Waals surface area contributed by atoms with Gasteiger partial charge in [0.15, 0.2) is 0 Å². The van der Waals surface area contributed by atoms with Gasteiger partial charge in [-0.2, -0.15) is 0 Å². The molecule has 0 spiro atoms. The monoisotopic (exact) mass is 213 g/mol. The largest absolute Gasteiger partial charge is 0.374 e. The second kappa shape index (κ2) is 5.86. The van der Waals surface area contributed by atoms with Crippen LogP contribution in [0.25, 0.3) is 0 Å². The van der Waals surface area contributed by atoms with E-state index in [1.165, 1.54) is 12.8 Å². The van der Waals surface area contributed by atoms with Gasteiger partial charge in [0.2, 0.25) is 0 Å². The van der Waals surface area contributed by atoms with Gasteiger partial charge in [0.05, 0.1) is 5.60 Å². The minimum absolute atomic E-state index is 0.00271. The van der Waals surface area contributed by atoms with E-state index in [0.29, 0.717) is 0 Å². The fraction of sp³-hybridized carbons (Fsp3) is 1.00. The van der Waals surface area contributed by atoms with Crippen molar-refractivity contribution in [3.63, 3.8) is 0 Å². The third-order valence-electron chi connectivity index (χ3n) is 3.83. The lowest BCUT2D eigenvalue weighted by atomic mass is 9.74. The van der Waals surface area contributed by atoms with Crippen LogP contribution in [0.2, 0.25) is 0 Å². The molecular formula is C13H27NO. The van der Waals surface area contributed by atoms with Crippen molar-refractivity contribution in [3.8, 4) is 0 Å². The second-order valence-electron chi connectivity index (χ2n) is 5.08. The predicted octanol–water partition coefficient (Wildman–Crippen LogP) is 3.10. The lowest BCUT2D eigenvalue weighted by Crippen LogP contribution is -2.52. The van der Waals surface area contributed by atoms with Crippen LogP contribution in [-0.4, -0.2) is 18.2 Å². The summed E-state index contributed by atoms with van der Waals surface area (Å²) in [4.78, 5) is 0. The van der Waals surface area contributed by atoms with Gasteiger partial charge in [-0.3, -0.25) is 0 Å². The summed E-state index contributed by atoms with van der Waals surface area (Å²) in [7, 11) is 0. The smallest absolute Gasteiger partial charge is 0.0832 e. The molecule has 0 amide bonds. The average Bonchev–Trinajstić information content (AvgIpc) is 2.22. The molecule has 2 N–H and O–H groups in total. The molecule has 2 nitrogen and oxygen atoms in total. The molecule has 0 heterocycles. The number of ether oxygens (including phenoxy) is 1. The summed E-state index contributed by atoms with van der Waals surface area (Å²) in [6, 6.07) is 0.231. The Bertz CT molecular complexity index is 173. The summed E-state index contributed by atoms with van der Waals surface area (Å²) in [5.74, 6) is 0.854. The highest BCUT2D eigenvalue weighted by Crippen LogP contribution is 2.37. The van der Waals surface area contributed by atoms with Crippen LogP contribution >= 0.6 is 0 Å². The number of nitrogens with two attached hydrogens (primary N) is 1. The fourth-order valence-electron chi connectivity index (χ4n) is 2.73. The van der Waals surface area contributed by atoms with Crippen LogP contribution in [0.3, 0.4) is 0 Å². The van der Waals surface area contributed by atoms with Crippen LogP contribution in [0.5, 0.6) is 0 Å². The van der Waals surface area contributed by atoms with Gasteiger partial charge in [-0.05, 0) is 44.9 Å². The molecule has 1 aliphatic rings. The molecule has 0 aliphatic heterocycles. The summed E-state index contributed by atoms with van der Waals surface area (Å²) in [5, 5.41) is 0. The molecule has 0 aromatic heterocycles. The van der Waals surface area contributed by atoms with Gasteiger partial charge in [-0.1, -0.05) is 20.3 Å². The van der Waals surface area contributed by atoms with Crippen molar-refractivity contribution in [1.82, 2.24) is 0 Å². The van der Waals surface area contributed by atoms with E-state index in [0.717, 1.165) is 38.2 Å². The molecule has 1 fully saturated rings. The molecule has 1 atom stereocenters. The summed E-state index contributed by atoms with van der Waals surface area (Å²) in [6.07, 6.45) is 7.11. The Morgan fingerprint density at radius 1 is 1.33 bits per heavy atom. The minimum atomic E-state index is -0.00271. The summed E-state index contributed by atoms with van der Waals surface area (Å²) >= 11 is 0. The van der Waals surface area contributed by atoms with E-state index in [-0.39, 0.29) is 11.6 Å². The molecule has 0 bridgehead atoms. The zero-order chi connectivity index (χ0) is 11.3. The maximum atomic E-state index is 6.30. The standard InChI is InChI=1S/C13H27NO/c1-4-6-12(14)13(15-5-2)9-7-11(3)8-10-13/h11-12H,4-10,14H2,1-3H3/t11?,12-,13?/m1/s1. The van der Waals surface area contributed by atoms with Gasteiger partial charge >= 0.3 is 0 Å². The van der Waals surface area contributed by atoms with Crippen LogP contribution in [0.1, 0.15) is 59.3 Å². The number of rotatable bonds is 5. The zero-order valence-corrected chi connectivity index (χ0v) is 10.6.